The molecule has 1 fully saturated rings. The van der Waals surface area contributed by atoms with Crippen molar-refractivity contribution in [1.29, 1.82) is 0 Å². The molecule has 0 spiro atoms. The van der Waals surface area contributed by atoms with Gasteiger partial charge in [-0.25, -0.2) is 4.79 Å². The average Bonchev–Trinajstić information content (AvgIpc) is 3.54. The van der Waals surface area contributed by atoms with Crippen LogP contribution < -0.4 is 5.32 Å². The van der Waals surface area contributed by atoms with E-state index in [9.17, 15) is 35.9 Å². The predicted molar refractivity (Wildman–Crippen MR) is 168 cm³/mol. The van der Waals surface area contributed by atoms with Crippen LogP contribution >= 0.6 is 0 Å². The van der Waals surface area contributed by atoms with Crippen molar-refractivity contribution in [2.45, 2.75) is 37.3 Å². The minimum absolute atomic E-state index is 0.00742. The number of alkyl halides is 6. The first-order valence-corrected chi connectivity index (χ1v) is 14.9. The molecule has 3 amide bonds. The van der Waals surface area contributed by atoms with E-state index in [1.54, 1.807) is 11.9 Å². The number of hydrogen-bond acceptors (Lipinski definition) is 2. The highest BCUT2D eigenvalue weighted by molar-refractivity contribution is 5.95. The van der Waals surface area contributed by atoms with Crippen LogP contribution in [0.15, 0.2) is 103 Å². The van der Waals surface area contributed by atoms with Crippen LogP contribution in [-0.4, -0.2) is 41.4 Å². The van der Waals surface area contributed by atoms with Gasteiger partial charge in [-0.2, -0.15) is 26.3 Å². The number of nitrogens with zero attached hydrogens (tertiary/aromatic N) is 2. The summed E-state index contributed by atoms with van der Waals surface area (Å²) in [5, 5.41) is 6.16. The molecule has 1 N–H and O–H groups in total. The standard InChI is InChI=1S/C36H29F6N3O2/c1-44(32(26-14-12-22-7-2-4-9-24(22)17-26)27-15-13-23-8-3-5-10-25(23)18-27)33(46)31-11-6-16-45(31)34(47)43-30-20-28(35(37,38)39)19-29(21-30)36(40,41)42/h2-5,7-10,12-15,17-21,31-32H,6,11,16H2,1H3,(H,43,47)/t31-/m0/s1. The molecule has 1 aliphatic rings. The molecule has 11 heteroatoms. The first-order valence-electron chi connectivity index (χ1n) is 14.9. The van der Waals surface area contributed by atoms with Crippen molar-refractivity contribution >= 4 is 39.2 Å². The second kappa shape index (κ2) is 12.3. The third-order valence-corrected chi connectivity index (χ3v) is 8.55. The van der Waals surface area contributed by atoms with Crippen LogP contribution in [0.2, 0.25) is 0 Å². The first kappa shape index (κ1) is 31.9. The number of likely N-dealkylation sites (tertiary alicyclic amines) is 1. The number of fused-ring (bicyclic) bond motifs is 2. The van der Waals surface area contributed by atoms with E-state index in [1.165, 1.54) is 4.90 Å². The average molecular weight is 650 g/mol. The van der Waals surface area contributed by atoms with Gasteiger partial charge >= 0.3 is 18.4 Å². The number of anilines is 1. The minimum Gasteiger partial charge on any atom is -0.333 e. The van der Waals surface area contributed by atoms with Gasteiger partial charge in [0.1, 0.15) is 6.04 Å². The van der Waals surface area contributed by atoms with Gasteiger partial charge in [0.05, 0.1) is 17.2 Å². The highest BCUT2D eigenvalue weighted by atomic mass is 19.4. The summed E-state index contributed by atoms with van der Waals surface area (Å²) in [4.78, 5) is 30.3. The molecule has 0 saturated carbocycles. The van der Waals surface area contributed by atoms with Crippen molar-refractivity contribution in [3.8, 4) is 0 Å². The smallest absolute Gasteiger partial charge is 0.333 e. The van der Waals surface area contributed by atoms with Gasteiger partial charge in [-0.15, -0.1) is 0 Å². The zero-order valence-electron chi connectivity index (χ0n) is 25.1. The lowest BCUT2D eigenvalue weighted by atomic mass is 9.93. The second-order valence-electron chi connectivity index (χ2n) is 11.6. The zero-order valence-corrected chi connectivity index (χ0v) is 25.1. The molecule has 1 atom stereocenters. The van der Waals surface area contributed by atoms with Crippen molar-refractivity contribution < 1.29 is 35.9 Å². The molecule has 0 aromatic heterocycles. The summed E-state index contributed by atoms with van der Waals surface area (Å²) in [7, 11) is 1.63. The number of likely N-dealkylation sites (N-methyl/N-ethyl adjacent to an activating group) is 1. The van der Waals surface area contributed by atoms with Crippen LogP contribution in [0.1, 0.15) is 41.1 Å². The fourth-order valence-corrected chi connectivity index (χ4v) is 6.25. The quantitative estimate of drug-likeness (QED) is 0.193. The Balaban J connectivity index is 1.32. The van der Waals surface area contributed by atoms with Crippen LogP contribution in [0.3, 0.4) is 0 Å². The topological polar surface area (TPSA) is 52.7 Å². The highest BCUT2D eigenvalue weighted by Crippen LogP contribution is 2.38. The monoisotopic (exact) mass is 649 g/mol. The number of benzene rings is 5. The maximum Gasteiger partial charge on any atom is 0.416 e. The van der Waals surface area contributed by atoms with Gasteiger partial charge in [-0.05, 0) is 75.8 Å². The Labute approximate surface area is 266 Å². The molecule has 1 saturated heterocycles. The van der Waals surface area contributed by atoms with Crippen molar-refractivity contribution in [3.05, 3.63) is 125 Å². The van der Waals surface area contributed by atoms with Crippen LogP contribution in [0.25, 0.3) is 21.5 Å². The van der Waals surface area contributed by atoms with E-state index in [1.807, 2.05) is 84.9 Å². The Kier molecular flexibility index (Phi) is 8.33. The summed E-state index contributed by atoms with van der Waals surface area (Å²) in [5.41, 5.74) is -2.12. The number of carbonyl (C=O) groups is 2. The molecule has 0 aliphatic carbocycles. The number of halogens is 6. The SMILES string of the molecule is CN(C(=O)[C@@H]1CCCN1C(=O)Nc1cc(C(F)(F)F)cc(C(F)(F)F)c1)C(c1ccc2ccccc2c1)c1ccc2ccccc2c1. The van der Waals surface area contributed by atoms with Crippen molar-refractivity contribution in [2.24, 2.45) is 0 Å². The summed E-state index contributed by atoms with van der Waals surface area (Å²) in [6, 6.07) is 25.8. The van der Waals surface area contributed by atoms with Crippen LogP contribution in [0.5, 0.6) is 0 Å². The molecule has 6 rings (SSSR count). The Morgan fingerprint density at radius 2 is 1.21 bits per heavy atom. The third-order valence-electron chi connectivity index (χ3n) is 8.55. The van der Waals surface area contributed by atoms with E-state index < -0.39 is 53.2 Å². The Hall–Kier alpha value is -5.06. The normalized spacial score (nSPS) is 15.4. The van der Waals surface area contributed by atoms with Crippen molar-refractivity contribution in [3.63, 3.8) is 0 Å². The molecule has 1 heterocycles. The molecule has 0 bridgehead atoms. The molecule has 5 nitrogen and oxygen atoms in total. The van der Waals surface area contributed by atoms with Gasteiger partial charge in [0, 0.05) is 19.3 Å². The number of nitrogens with one attached hydrogen (secondary N) is 1. The molecule has 5 aromatic carbocycles. The van der Waals surface area contributed by atoms with Gasteiger partial charge in [-0.3, -0.25) is 4.79 Å². The summed E-state index contributed by atoms with van der Waals surface area (Å²) >= 11 is 0. The molecule has 0 radical (unpaired) electrons. The molecular formula is C36H29F6N3O2. The maximum absolute atomic E-state index is 14.2. The largest absolute Gasteiger partial charge is 0.416 e. The molecule has 0 unspecified atom stereocenters. The van der Waals surface area contributed by atoms with Gasteiger partial charge in [0.2, 0.25) is 5.91 Å². The van der Waals surface area contributed by atoms with Gasteiger partial charge in [0.15, 0.2) is 0 Å². The Bertz CT molecular complexity index is 1860. The molecule has 47 heavy (non-hydrogen) atoms. The van der Waals surface area contributed by atoms with Crippen LogP contribution in [0, 0.1) is 0 Å². The highest BCUT2D eigenvalue weighted by Gasteiger charge is 2.40. The zero-order chi connectivity index (χ0) is 33.5. The summed E-state index contributed by atoms with van der Waals surface area (Å²) in [6.07, 6.45) is -9.45. The maximum atomic E-state index is 14.2. The summed E-state index contributed by atoms with van der Waals surface area (Å²) < 4.78 is 80.5. The van der Waals surface area contributed by atoms with E-state index in [2.05, 4.69) is 5.32 Å². The Morgan fingerprint density at radius 1 is 0.723 bits per heavy atom. The van der Waals surface area contributed by atoms with E-state index in [-0.39, 0.29) is 19.0 Å². The van der Waals surface area contributed by atoms with Crippen molar-refractivity contribution in [1.82, 2.24) is 9.80 Å². The fourth-order valence-electron chi connectivity index (χ4n) is 6.25. The summed E-state index contributed by atoms with van der Waals surface area (Å²) in [6.45, 7) is 0.0950. The molecule has 5 aromatic rings. The number of urea groups is 1. The second-order valence-corrected chi connectivity index (χ2v) is 11.6. The summed E-state index contributed by atoms with van der Waals surface area (Å²) in [5.74, 6) is -0.413. The number of amides is 3. The van der Waals surface area contributed by atoms with Gasteiger partial charge < -0.3 is 15.1 Å². The van der Waals surface area contributed by atoms with Crippen LogP contribution in [0.4, 0.5) is 36.8 Å². The number of hydrogen-bond donors (Lipinski definition) is 1. The predicted octanol–water partition coefficient (Wildman–Crippen LogP) is 9.27. The van der Waals surface area contributed by atoms with Crippen molar-refractivity contribution in [2.75, 3.05) is 18.9 Å². The van der Waals surface area contributed by atoms with Gasteiger partial charge in [0.25, 0.3) is 0 Å². The van der Waals surface area contributed by atoms with Gasteiger partial charge in [-0.1, -0.05) is 72.8 Å². The lowest BCUT2D eigenvalue weighted by Crippen LogP contribution is -2.49. The number of carbonyl (C=O) groups excluding carboxylic acids is 2. The Morgan fingerprint density at radius 3 is 1.70 bits per heavy atom. The lowest BCUT2D eigenvalue weighted by molar-refractivity contribution is -0.143. The lowest BCUT2D eigenvalue weighted by Gasteiger charge is -2.34. The molecular weight excluding hydrogens is 620 g/mol. The minimum atomic E-state index is -5.07. The third kappa shape index (κ3) is 6.61. The molecule has 1 aliphatic heterocycles. The number of rotatable bonds is 5. The van der Waals surface area contributed by atoms with Crippen LogP contribution in [-0.2, 0) is 17.1 Å². The fraction of sp³-hybridized carbons (Fsp3) is 0.222. The van der Waals surface area contributed by atoms with E-state index in [0.29, 0.717) is 18.6 Å². The van der Waals surface area contributed by atoms with E-state index in [4.69, 9.17) is 0 Å². The first-order chi connectivity index (χ1) is 22.3. The molecule has 242 valence electrons. The van der Waals surface area contributed by atoms with E-state index in [0.717, 1.165) is 32.7 Å². The van der Waals surface area contributed by atoms with E-state index >= 15 is 0 Å².